The molecule has 25 heavy (non-hydrogen) atoms. The van der Waals surface area contributed by atoms with Crippen LogP contribution in [0.25, 0.3) is 0 Å². The van der Waals surface area contributed by atoms with Crippen LogP contribution in [0, 0.1) is 0 Å². The number of piperidine rings is 1. The van der Waals surface area contributed by atoms with E-state index in [2.05, 4.69) is 11.9 Å². The highest BCUT2D eigenvalue weighted by atomic mass is 16.5. The van der Waals surface area contributed by atoms with Crippen LogP contribution < -0.4 is 9.47 Å². The Labute approximate surface area is 145 Å². The summed E-state index contributed by atoms with van der Waals surface area (Å²) in [7, 11) is 3.63. The van der Waals surface area contributed by atoms with Crippen molar-refractivity contribution in [2.24, 2.45) is 0 Å². The van der Waals surface area contributed by atoms with Crippen molar-refractivity contribution < 1.29 is 24.5 Å². The van der Waals surface area contributed by atoms with E-state index in [1.165, 1.54) is 0 Å². The lowest BCUT2D eigenvalue weighted by Crippen LogP contribution is -2.73. The smallest absolute Gasteiger partial charge is 0.202 e. The molecule has 5 aliphatic rings. The maximum absolute atomic E-state index is 13.1. The molecule has 6 heteroatoms. The van der Waals surface area contributed by atoms with Crippen molar-refractivity contribution in [2.75, 3.05) is 20.8 Å². The lowest BCUT2D eigenvalue weighted by Gasteiger charge is -2.55. The van der Waals surface area contributed by atoms with Crippen LogP contribution in [-0.4, -0.2) is 64.4 Å². The van der Waals surface area contributed by atoms with E-state index in [0.717, 1.165) is 17.5 Å². The molecular weight excluding hydrogens is 322 g/mol. The monoisotopic (exact) mass is 343 g/mol. The molecule has 0 radical (unpaired) electrons. The van der Waals surface area contributed by atoms with Crippen LogP contribution >= 0.6 is 0 Å². The quantitative estimate of drug-likeness (QED) is 0.745. The summed E-state index contributed by atoms with van der Waals surface area (Å²) in [5, 5.41) is 22.3. The highest BCUT2D eigenvalue weighted by Crippen LogP contribution is 2.78. The predicted molar refractivity (Wildman–Crippen MR) is 86.9 cm³/mol. The van der Waals surface area contributed by atoms with Gasteiger partial charge in [0.25, 0.3) is 0 Å². The molecule has 6 nitrogen and oxygen atoms in total. The third-order valence-corrected chi connectivity index (χ3v) is 8.02. The van der Waals surface area contributed by atoms with E-state index in [1.54, 1.807) is 7.11 Å². The molecule has 6 rings (SSSR count). The second kappa shape index (κ2) is 3.72. The number of hydrogen-bond donors (Lipinski definition) is 2. The van der Waals surface area contributed by atoms with Gasteiger partial charge in [0.2, 0.25) is 5.60 Å². The lowest BCUT2D eigenvalue weighted by atomic mass is 9.51. The Balaban J connectivity index is 1.76. The zero-order valence-electron chi connectivity index (χ0n) is 14.3. The molecule has 2 spiro atoms. The number of likely N-dealkylation sites (tertiary alicyclic amines) is 1. The molecule has 2 bridgehead atoms. The number of Topliss-reactive ketones (excluding diaryl/α,β-unsaturated/α-hetero) is 1. The maximum atomic E-state index is 13.1. The summed E-state index contributed by atoms with van der Waals surface area (Å²) in [4.78, 5) is 15.3. The van der Waals surface area contributed by atoms with E-state index >= 15 is 0 Å². The fourth-order valence-corrected chi connectivity index (χ4v) is 7.12. The molecule has 3 fully saturated rings. The van der Waals surface area contributed by atoms with Crippen LogP contribution in [-0.2, 0) is 16.6 Å². The summed E-state index contributed by atoms with van der Waals surface area (Å²) in [6.45, 7) is -0.419. The molecule has 1 aromatic rings. The highest BCUT2D eigenvalue weighted by Gasteiger charge is 2.91. The molecule has 0 amide bonds. The summed E-state index contributed by atoms with van der Waals surface area (Å²) in [5.41, 5.74) is -1.46. The van der Waals surface area contributed by atoms with Crippen molar-refractivity contribution in [3.63, 3.8) is 0 Å². The number of fused-ring (bicyclic) bond motifs is 1. The van der Waals surface area contributed by atoms with Gasteiger partial charge in [-0.25, -0.2) is 0 Å². The van der Waals surface area contributed by atoms with Crippen molar-refractivity contribution in [3.05, 3.63) is 23.3 Å². The van der Waals surface area contributed by atoms with Gasteiger partial charge >= 0.3 is 0 Å². The number of carbonyl (C=O) groups excluding carboxylic acids is 1. The van der Waals surface area contributed by atoms with Crippen LogP contribution in [0.1, 0.15) is 30.4 Å². The second-order valence-corrected chi connectivity index (χ2v) is 8.44. The summed E-state index contributed by atoms with van der Waals surface area (Å²) in [5.74, 6) is 1.00. The average Bonchev–Trinajstić information content (AvgIpc) is 2.94. The minimum Gasteiger partial charge on any atom is -0.493 e. The van der Waals surface area contributed by atoms with Crippen molar-refractivity contribution in [2.45, 2.75) is 53.9 Å². The highest BCUT2D eigenvalue weighted by molar-refractivity contribution is 5.95. The van der Waals surface area contributed by atoms with Crippen LogP contribution in [0.4, 0.5) is 0 Å². The minimum atomic E-state index is -1.40. The van der Waals surface area contributed by atoms with Gasteiger partial charge in [-0.15, -0.1) is 0 Å². The van der Waals surface area contributed by atoms with E-state index in [1.807, 2.05) is 12.1 Å². The number of hydrogen-bond acceptors (Lipinski definition) is 6. The lowest BCUT2D eigenvalue weighted by molar-refractivity contribution is -0.179. The third-order valence-electron chi connectivity index (χ3n) is 8.02. The number of methoxy groups -OCH3 is 1. The molecule has 2 aliphatic heterocycles. The van der Waals surface area contributed by atoms with Gasteiger partial charge in [0.15, 0.2) is 17.3 Å². The molecule has 2 heterocycles. The van der Waals surface area contributed by atoms with Gasteiger partial charge in [-0.05, 0) is 37.9 Å². The first-order valence-electron chi connectivity index (χ1n) is 8.91. The molecule has 6 atom stereocenters. The summed E-state index contributed by atoms with van der Waals surface area (Å²) in [6, 6.07) is 3.91. The number of ketones is 1. The zero-order valence-corrected chi connectivity index (χ0v) is 14.3. The number of ether oxygens (including phenoxy) is 2. The topological polar surface area (TPSA) is 79.0 Å². The Bertz CT molecular complexity index is 870. The summed E-state index contributed by atoms with van der Waals surface area (Å²) < 4.78 is 11.7. The van der Waals surface area contributed by atoms with Crippen molar-refractivity contribution in [3.8, 4) is 11.5 Å². The first-order chi connectivity index (χ1) is 11.9. The number of aliphatic hydroxyl groups is 2. The van der Waals surface area contributed by atoms with Crippen LogP contribution in [0.15, 0.2) is 12.1 Å². The Morgan fingerprint density at radius 2 is 2.24 bits per heavy atom. The van der Waals surface area contributed by atoms with Gasteiger partial charge in [-0.1, -0.05) is 6.07 Å². The van der Waals surface area contributed by atoms with Gasteiger partial charge < -0.3 is 19.7 Å². The van der Waals surface area contributed by atoms with Gasteiger partial charge in [0, 0.05) is 17.5 Å². The van der Waals surface area contributed by atoms with Crippen molar-refractivity contribution in [1.29, 1.82) is 0 Å². The molecule has 132 valence electrons. The first kappa shape index (κ1) is 14.5. The summed E-state index contributed by atoms with van der Waals surface area (Å²) >= 11 is 0. The predicted octanol–water partition coefficient (Wildman–Crippen LogP) is 0.163. The fourth-order valence-electron chi connectivity index (χ4n) is 7.12. The standard InChI is InChI=1S/C19H21NO5/c1-20-15-16(20)7-10-3-4-11(24-2)14-13(10)17(8-16)18(15,23)6-5-12(22)19(17,9-21)25-14/h3-4,15,21,23H,5-9H2,1-2H3/t15-,16?,17-,18?,19+,20?/m1/s1. The second-order valence-electron chi connectivity index (χ2n) is 8.44. The van der Waals surface area contributed by atoms with Crippen LogP contribution in [0.3, 0.4) is 0 Å². The normalized spacial score (nSPS) is 50.2. The SMILES string of the molecule is COc1ccc2c3c1O[C@@]1(CO)C(=O)CCC4(O)[C@@H]5N(C)C5(C2)C[C@@]341. The number of aliphatic hydroxyl groups excluding tert-OH is 1. The minimum absolute atomic E-state index is 0.00645. The molecular formula is C19H21NO5. The number of benzene rings is 1. The largest absolute Gasteiger partial charge is 0.493 e. The number of nitrogens with zero attached hydrogens (tertiary/aromatic N) is 1. The van der Waals surface area contributed by atoms with E-state index in [0.29, 0.717) is 24.3 Å². The van der Waals surface area contributed by atoms with Gasteiger partial charge in [-0.3, -0.25) is 9.69 Å². The molecule has 1 aromatic carbocycles. The average molecular weight is 343 g/mol. The maximum Gasteiger partial charge on any atom is 0.202 e. The van der Waals surface area contributed by atoms with Crippen molar-refractivity contribution in [1.82, 2.24) is 4.90 Å². The number of carbonyl (C=O) groups is 1. The van der Waals surface area contributed by atoms with E-state index in [-0.39, 0.29) is 23.8 Å². The Morgan fingerprint density at radius 3 is 2.96 bits per heavy atom. The van der Waals surface area contributed by atoms with Crippen LogP contribution in [0.5, 0.6) is 11.5 Å². The number of rotatable bonds is 2. The Hall–Kier alpha value is -1.63. The molecule has 3 unspecified atom stereocenters. The first-order valence-corrected chi connectivity index (χ1v) is 8.91. The van der Waals surface area contributed by atoms with Crippen molar-refractivity contribution >= 4 is 5.78 Å². The molecule has 0 aromatic heterocycles. The molecule has 1 saturated heterocycles. The van der Waals surface area contributed by atoms with E-state index in [9.17, 15) is 15.0 Å². The zero-order chi connectivity index (χ0) is 17.4. The molecule has 2 saturated carbocycles. The molecule has 3 aliphatic carbocycles. The van der Waals surface area contributed by atoms with Gasteiger partial charge in [0.1, 0.15) is 0 Å². The number of likely N-dealkylation sites (N-methyl/N-ethyl adjacent to an activating group) is 1. The summed E-state index contributed by atoms with van der Waals surface area (Å²) in [6.07, 6.45) is 2.13. The molecule has 2 N–H and O–H groups in total. The van der Waals surface area contributed by atoms with Gasteiger partial charge in [0.05, 0.1) is 30.8 Å². The van der Waals surface area contributed by atoms with E-state index < -0.39 is 23.2 Å². The van der Waals surface area contributed by atoms with Crippen LogP contribution in [0.2, 0.25) is 0 Å². The Kier molecular flexibility index (Phi) is 2.16. The third kappa shape index (κ3) is 1.09. The Morgan fingerprint density at radius 1 is 1.44 bits per heavy atom. The fraction of sp³-hybridized carbons (Fsp3) is 0.632. The van der Waals surface area contributed by atoms with Gasteiger partial charge in [-0.2, -0.15) is 0 Å². The van der Waals surface area contributed by atoms with E-state index in [4.69, 9.17) is 9.47 Å².